The molecule has 0 saturated carbocycles. The lowest BCUT2D eigenvalue weighted by Crippen LogP contribution is -2.27. The minimum atomic E-state index is -0.657. The molecule has 4 rings (SSSR count). The summed E-state index contributed by atoms with van der Waals surface area (Å²) in [6.45, 7) is 2.44. The van der Waals surface area contributed by atoms with E-state index in [-0.39, 0.29) is 12.2 Å². The molecule has 0 radical (unpaired) electrons. The van der Waals surface area contributed by atoms with Crippen LogP contribution in [0.1, 0.15) is 31.7 Å². The number of Topliss-reactive ketones (excluding diaryl/α,β-unsaturated/α-hetero) is 1. The number of fused-ring (bicyclic) bond motifs is 1. The van der Waals surface area contributed by atoms with Crippen molar-refractivity contribution in [3.63, 3.8) is 0 Å². The van der Waals surface area contributed by atoms with Crippen molar-refractivity contribution in [2.45, 2.75) is 32.4 Å². The van der Waals surface area contributed by atoms with Crippen molar-refractivity contribution in [1.82, 2.24) is 15.3 Å². The summed E-state index contributed by atoms with van der Waals surface area (Å²) < 4.78 is 10.9. The summed E-state index contributed by atoms with van der Waals surface area (Å²) in [5, 5.41) is 3.93. The summed E-state index contributed by atoms with van der Waals surface area (Å²) in [6, 6.07) is 3.77. The molecule has 2 aliphatic rings. The second-order valence-corrected chi connectivity index (χ2v) is 6.22. The largest absolute Gasteiger partial charge is 0.497 e. The van der Waals surface area contributed by atoms with Crippen molar-refractivity contribution in [2.24, 2.45) is 0 Å². The Hall–Kier alpha value is -3.09. The molecular weight excluding hydrogens is 334 g/mol. The van der Waals surface area contributed by atoms with Crippen LogP contribution in [0.25, 0.3) is 17.1 Å². The summed E-state index contributed by atoms with van der Waals surface area (Å²) in [4.78, 5) is 31.9. The molecule has 0 amide bonds. The molecule has 1 atom stereocenters. The van der Waals surface area contributed by atoms with Crippen molar-refractivity contribution >= 4 is 28.9 Å². The maximum Gasteiger partial charge on any atom is 0.339 e. The number of ether oxygens (including phenoxy) is 2. The van der Waals surface area contributed by atoms with Gasteiger partial charge in [0.15, 0.2) is 12.0 Å². The van der Waals surface area contributed by atoms with Gasteiger partial charge in [-0.2, -0.15) is 0 Å². The van der Waals surface area contributed by atoms with E-state index in [0.29, 0.717) is 36.5 Å². The fourth-order valence-corrected chi connectivity index (χ4v) is 3.26. The molecule has 2 N–H and O–H groups in total. The third-order valence-corrected chi connectivity index (χ3v) is 4.55. The topological polar surface area (TPSA) is 93.3 Å². The third kappa shape index (κ3) is 2.96. The zero-order chi connectivity index (χ0) is 18.1. The molecule has 7 heteroatoms. The number of hydrogen-bond donors (Lipinski definition) is 2. The summed E-state index contributed by atoms with van der Waals surface area (Å²) in [6.07, 6.45) is 5.92. The van der Waals surface area contributed by atoms with Crippen molar-refractivity contribution in [3.05, 3.63) is 47.1 Å². The predicted octanol–water partition coefficient (Wildman–Crippen LogP) is 2.42. The van der Waals surface area contributed by atoms with Crippen LogP contribution in [0, 0.1) is 0 Å². The standard InChI is InChI=1S/C19H19N3O4/c1-2-16-13(5-7-25-16)19(24)26-17-9-15(23)14(22-17)8-11-10-21-18-12(11)4-3-6-20-18/h3-4,6,8,10,17,22H,2,5,7,9H2,1H3,(H,20,21)/b14-8-. The van der Waals surface area contributed by atoms with E-state index in [0.717, 1.165) is 16.6 Å². The molecule has 0 bridgehead atoms. The Morgan fingerprint density at radius 2 is 2.38 bits per heavy atom. The van der Waals surface area contributed by atoms with Crippen LogP contribution in [-0.2, 0) is 19.1 Å². The summed E-state index contributed by atoms with van der Waals surface area (Å²) in [5.74, 6) is 0.178. The van der Waals surface area contributed by atoms with Gasteiger partial charge in [0, 0.05) is 36.2 Å². The second-order valence-electron chi connectivity index (χ2n) is 6.22. The molecule has 2 aromatic rings. The van der Waals surface area contributed by atoms with E-state index in [1.807, 2.05) is 19.1 Å². The molecule has 7 nitrogen and oxygen atoms in total. The van der Waals surface area contributed by atoms with Crippen LogP contribution < -0.4 is 5.32 Å². The van der Waals surface area contributed by atoms with Gasteiger partial charge in [-0.3, -0.25) is 4.79 Å². The van der Waals surface area contributed by atoms with Gasteiger partial charge in [-0.05, 0) is 18.2 Å². The van der Waals surface area contributed by atoms with Gasteiger partial charge in [-0.25, -0.2) is 9.78 Å². The molecule has 2 aliphatic heterocycles. The lowest BCUT2D eigenvalue weighted by Gasteiger charge is -2.12. The predicted molar refractivity (Wildman–Crippen MR) is 94.6 cm³/mol. The number of carbonyl (C=O) groups excluding carboxylic acids is 2. The Morgan fingerprint density at radius 3 is 3.23 bits per heavy atom. The molecule has 1 saturated heterocycles. The fourth-order valence-electron chi connectivity index (χ4n) is 3.26. The van der Waals surface area contributed by atoms with Crippen LogP contribution in [0.3, 0.4) is 0 Å². The smallest absolute Gasteiger partial charge is 0.339 e. The maximum atomic E-state index is 12.3. The summed E-state index contributed by atoms with van der Waals surface area (Å²) >= 11 is 0. The zero-order valence-corrected chi connectivity index (χ0v) is 14.4. The minimum absolute atomic E-state index is 0.0894. The van der Waals surface area contributed by atoms with Crippen molar-refractivity contribution in [2.75, 3.05) is 6.61 Å². The Labute approximate surface area is 150 Å². The number of hydrogen-bond acceptors (Lipinski definition) is 6. The molecule has 26 heavy (non-hydrogen) atoms. The lowest BCUT2D eigenvalue weighted by atomic mass is 10.1. The van der Waals surface area contributed by atoms with Crippen LogP contribution in [0.4, 0.5) is 0 Å². The van der Waals surface area contributed by atoms with Crippen LogP contribution >= 0.6 is 0 Å². The highest BCUT2D eigenvalue weighted by molar-refractivity contribution is 6.03. The van der Waals surface area contributed by atoms with E-state index in [2.05, 4.69) is 15.3 Å². The van der Waals surface area contributed by atoms with Gasteiger partial charge in [0.25, 0.3) is 0 Å². The van der Waals surface area contributed by atoms with Crippen LogP contribution in [-0.4, -0.2) is 34.6 Å². The number of aromatic nitrogens is 2. The number of nitrogens with one attached hydrogen (secondary N) is 2. The van der Waals surface area contributed by atoms with E-state index < -0.39 is 12.2 Å². The molecule has 0 aliphatic carbocycles. The van der Waals surface area contributed by atoms with Gasteiger partial charge in [0.1, 0.15) is 11.4 Å². The van der Waals surface area contributed by atoms with Crippen LogP contribution in [0.15, 0.2) is 41.6 Å². The average Bonchev–Trinajstić information content (AvgIpc) is 3.35. The first-order chi connectivity index (χ1) is 12.7. The van der Waals surface area contributed by atoms with Crippen LogP contribution in [0.2, 0.25) is 0 Å². The molecule has 1 fully saturated rings. The van der Waals surface area contributed by atoms with Gasteiger partial charge in [-0.15, -0.1) is 0 Å². The molecular formula is C19H19N3O4. The summed E-state index contributed by atoms with van der Waals surface area (Å²) in [7, 11) is 0. The monoisotopic (exact) mass is 353 g/mol. The SMILES string of the molecule is CCC1=C(C(=O)OC2CC(=O)/C(=C/c3c[nH]c4ncccc34)N2)CCO1. The van der Waals surface area contributed by atoms with E-state index >= 15 is 0 Å². The fraction of sp³-hybridized carbons (Fsp3) is 0.316. The minimum Gasteiger partial charge on any atom is -0.497 e. The number of nitrogens with zero attached hydrogens (tertiary/aromatic N) is 1. The molecule has 1 unspecified atom stereocenters. The molecule has 0 spiro atoms. The van der Waals surface area contributed by atoms with Gasteiger partial charge in [0.05, 0.1) is 24.3 Å². The Balaban J connectivity index is 1.49. The van der Waals surface area contributed by atoms with Gasteiger partial charge in [0.2, 0.25) is 0 Å². The Morgan fingerprint density at radius 1 is 1.50 bits per heavy atom. The number of esters is 1. The van der Waals surface area contributed by atoms with Gasteiger partial charge < -0.3 is 19.8 Å². The highest BCUT2D eigenvalue weighted by atomic mass is 16.6. The number of aromatic amines is 1. The van der Waals surface area contributed by atoms with E-state index in [4.69, 9.17) is 9.47 Å². The second kappa shape index (κ2) is 6.67. The van der Waals surface area contributed by atoms with Crippen molar-refractivity contribution in [1.29, 1.82) is 0 Å². The van der Waals surface area contributed by atoms with E-state index in [1.54, 1.807) is 18.5 Å². The zero-order valence-electron chi connectivity index (χ0n) is 14.4. The van der Waals surface area contributed by atoms with E-state index in [1.165, 1.54) is 0 Å². The Kier molecular flexibility index (Phi) is 4.20. The third-order valence-electron chi connectivity index (χ3n) is 4.55. The molecule has 2 aromatic heterocycles. The molecule has 4 heterocycles. The van der Waals surface area contributed by atoms with Gasteiger partial charge >= 0.3 is 5.97 Å². The van der Waals surface area contributed by atoms with E-state index in [9.17, 15) is 9.59 Å². The quantitative estimate of drug-likeness (QED) is 0.648. The first kappa shape index (κ1) is 16.4. The average molecular weight is 353 g/mol. The number of ketones is 1. The lowest BCUT2D eigenvalue weighted by molar-refractivity contribution is -0.145. The molecule has 134 valence electrons. The first-order valence-electron chi connectivity index (χ1n) is 8.65. The highest BCUT2D eigenvalue weighted by Crippen LogP contribution is 2.25. The number of rotatable bonds is 4. The molecule has 0 aromatic carbocycles. The normalized spacial score (nSPS) is 21.3. The number of carbonyl (C=O) groups is 2. The first-order valence-corrected chi connectivity index (χ1v) is 8.65. The Bertz CT molecular complexity index is 941. The summed E-state index contributed by atoms with van der Waals surface area (Å²) in [5.41, 5.74) is 2.62. The number of allylic oxidation sites excluding steroid dienone is 2. The van der Waals surface area contributed by atoms with Crippen molar-refractivity contribution < 1.29 is 19.1 Å². The maximum absolute atomic E-state index is 12.3. The highest BCUT2D eigenvalue weighted by Gasteiger charge is 2.32. The van der Waals surface area contributed by atoms with Crippen LogP contribution in [0.5, 0.6) is 0 Å². The van der Waals surface area contributed by atoms with Gasteiger partial charge in [-0.1, -0.05) is 6.92 Å². The number of H-pyrrole nitrogens is 1. The number of pyridine rings is 1. The van der Waals surface area contributed by atoms with Crippen molar-refractivity contribution in [3.8, 4) is 0 Å².